The Kier molecular flexibility index (Phi) is 5.02. The lowest BCUT2D eigenvalue weighted by molar-refractivity contribution is -0.122. The minimum Gasteiger partial charge on any atom is -0.481 e. The van der Waals surface area contributed by atoms with Gasteiger partial charge in [0.1, 0.15) is 5.75 Å². The number of halogens is 1. The number of rotatable bonds is 4. The van der Waals surface area contributed by atoms with E-state index in [0.717, 1.165) is 15.7 Å². The van der Waals surface area contributed by atoms with Gasteiger partial charge in [0.2, 0.25) is 0 Å². The molecule has 0 aliphatic carbocycles. The van der Waals surface area contributed by atoms with Gasteiger partial charge < -0.3 is 10.1 Å². The van der Waals surface area contributed by atoms with Crippen molar-refractivity contribution in [2.24, 2.45) is 0 Å². The molecule has 2 aromatic carbocycles. The van der Waals surface area contributed by atoms with E-state index in [0.29, 0.717) is 5.75 Å². The van der Waals surface area contributed by atoms with Crippen molar-refractivity contribution in [3.63, 3.8) is 0 Å². The summed E-state index contributed by atoms with van der Waals surface area (Å²) in [7, 11) is 0. The zero-order valence-electron chi connectivity index (χ0n) is 12.3. The van der Waals surface area contributed by atoms with Crippen molar-refractivity contribution in [2.45, 2.75) is 26.9 Å². The van der Waals surface area contributed by atoms with Crippen LogP contribution in [0.15, 0.2) is 46.9 Å². The maximum atomic E-state index is 12.2. The SMILES string of the molecule is Cc1ccc(NC(=O)C(C)Oc2ccc(Br)cc2)c(C)c1. The molecule has 0 aliphatic heterocycles. The van der Waals surface area contributed by atoms with Gasteiger partial charge in [-0.25, -0.2) is 0 Å². The summed E-state index contributed by atoms with van der Waals surface area (Å²) in [5.74, 6) is 0.506. The van der Waals surface area contributed by atoms with Crippen LogP contribution >= 0.6 is 15.9 Å². The molecule has 4 heteroatoms. The summed E-state index contributed by atoms with van der Waals surface area (Å²) in [6.45, 7) is 5.74. The van der Waals surface area contributed by atoms with Crippen LogP contribution in [0.25, 0.3) is 0 Å². The van der Waals surface area contributed by atoms with Crippen LogP contribution in [0.2, 0.25) is 0 Å². The summed E-state index contributed by atoms with van der Waals surface area (Å²) < 4.78 is 6.61. The lowest BCUT2D eigenvalue weighted by Gasteiger charge is -2.16. The fourth-order valence-corrected chi connectivity index (χ4v) is 2.22. The molecule has 1 atom stereocenters. The van der Waals surface area contributed by atoms with E-state index in [1.807, 2.05) is 56.3 Å². The van der Waals surface area contributed by atoms with Crippen LogP contribution in [0.4, 0.5) is 5.69 Å². The van der Waals surface area contributed by atoms with E-state index in [-0.39, 0.29) is 5.91 Å². The van der Waals surface area contributed by atoms with Gasteiger partial charge in [-0.2, -0.15) is 0 Å². The molecule has 21 heavy (non-hydrogen) atoms. The Hall–Kier alpha value is -1.81. The molecule has 0 bridgehead atoms. The standard InChI is InChI=1S/C17H18BrNO2/c1-11-4-9-16(12(2)10-11)19-17(20)13(3)21-15-7-5-14(18)6-8-15/h4-10,13H,1-3H3,(H,19,20). The number of ether oxygens (including phenoxy) is 1. The average Bonchev–Trinajstić information content (AvgIpc) is 2.44. The zero-order valence-corrected chi connectivity index (χ0v) is 13.9. The Labute approximate surface area is 133 Å². The Morgan fingerprint density at radius 1 is 1.14 bits per heavy atom. The highest BCUT2D eigenvalue weighted by Crippen LogP contribution is 2.19. The molecule has 0 saturated carbocycles. The monoisotopic (exact) mass is 347 g/mol. The lowest BCUT2D eigenvalue weighted by atomic mass is 10.1. The van der Waals surface area contributed by atoms with E-state index in [1.54, 1.807) is 6.92 Å². The van der Waals surface area contributed by atoms with Gasteiger partial charge in [0.25, 0.3) is 5.91 Å². The molecule has 1 amide bonds. The first-order valence-electron chi connectivity index (χ1n) is 6.76. The molecule has 0 aromatic heterocycles. The van der Waals surface area contributed by atoms with E-state index in [2.05, 4.69) is 21.2 Å². The number of amides is 1. The van der Waals surface area contributed by atoms with Gasteiger partial charge in [-0.05, 0) is 56.7 Å². The van der Waals surface area contributed by atoms with Gasteiger partial charge in [-0.15, -0.1) is 0 Å². The second kappa shape index (κ2) is 6.76. The average molecular weight is 348 g/mol. The number of carbonyl (C=O) groups excluding carboxylic acids is 1. The maximum absolute atomic E-state index is 12.2. The highest BCUT2D eigenvalue weighted by Gasteiger charge is 2.15. The predicted molar refractivity (Wildman–Crippen MR) is 88.8 cm³/mol. The molecular formula is C17H18BrNO2. The number of anilines is 1. The second-order valence-electron chi connectivity index (χ2n) is 5.02. The van der Waals surface area contributed by atoms with Crippen molar-refractivity contribution in [1.29, 1.82) is 0 Å². The highest BCUT2D eigenvalue weighted by atomic mass is 79.9. The van der Waals surface area contributed by atoms with Crippen LogP contribution in [-0.4, -0.2) is 12.0 Å². The minimum absolute atomic E-state index is 0.162. The number of carbonyl (C=O) groups is 1. The molecular weight excluding hydrogens is 330 g/mol. The van der Waals surface area contributed by atoms with Crippen molar-refractivity contribution >= 4 is 27.5 Å². The van der Waals surface area contributed by atoms with Crippen molar-refractivity contribution in [2.75, 3.05) is 5.32 Å². The first-order chi connectivity index (χ1) is 9.95. The van der Waals surface area contributed by atoms with Crippen molar-refractivity contribution in [1.82, 2.24) is 0 Å². The van der Waals surface area contributed by atoms with Crippen LogP contribution in [0.5, 0.6) is 5.75 Å². The van der Waals surface area contributed by atoms with Crippen molar-refractivity contribution < 1.29 is 9.53 Å². The zero-order chi connectivity index (χ0) is 15.4. The normalized spacial score (nSPS) is 11.8. The molecule has 1 N–H and O–H groups in total. The molecule has 2 rings (SSSR count). The molecule has 0 spiro atoms. The quantitative estimate of drug-likeness (QED) is 0.885. The van der Waals surface area contributed by atoms with E-state index in [4.69, 9.17) is 4.74 Å². The summed E-state index contributed by atoms with van der Waals surface area (Å²) in [6.07, 6.45) is -0.563. The van der Waals surface area contributed by atoms with Crippen molar-refractivity contribution in [3.05, 3.63) is 58.1 Å². The van der Waals surface area contributed by atoms with E-state index in [9.17, 15) is 4.79 Å². The van der Waals surface area contributed by atoms with Gasteiger partial charge in [0.15, 0.2) is 6.10 Å². The molecule has 0 saturated heterocycles. The molecule has 0 fully saturated rings. The third-order valence-electron chi connectivity index (χ3n) is 3.14. The molecule has 1 unspecified atom stereocenters. The maximum Gasteiger partial charge on any atom is 0.265 e. The molecule has 0 aliphatic rings. The van der Waals surface area contributed by atoms with Crippen LogP contribution < -0.4 is 10.1 Å². The number of nitrogens with one attached hydrogen (secondary N) is 1. The Bertz CT molecular complexity index is 638. The number of benzene rings is 2. The van der Waals surface area contributed by atoms with Crippen LogP contribution in [0.3, 0.4) is 0 Å². The number of hydrogen-bond donors (Lipinski definition) is 1. The third-order valence-corrected chi connectivity index (χ3v) is 3.66. The minimum atomic E-state index is -0.563. The van der Waals surface area contributed by atoms with Crippen LogP contribution in [0.1, 0.15) is 18.1 Å². The van der Waals surface area contributed by atoms with Gasteiger partial charge >= 0.3 is 0 Å². The molecule has 0 heterocycles. The second-order valence-corrected chi connectivity index (χ2v) is 5.94. The van der Waals surface area contributed by atoms with Gasteiger partial charge in [0.05, 0.1) is 0 Å². The number of hydrogen-bond acceptors (Lipinski definition) is 2. The molecule has 3 nitrogen and oxygen atoms in total. The van der Waals surface area contributed by atoms with Gasteiger partial charge in [0, 0.05) is 10.2 Å². The first kappa shape index (κ1) is 15.6. The van der Waals surface area contributed by atoms with E-state index >= 15 is 0 Å². The summed E-state index contributed by atoms with van der Waals surface area (Å²) in [6, 6.07) is 13.3. The predicted octanol–water partition coefficient (Wildman–Crippen LogP) is 4.47. The van der Waals surface area contributed by atoms with Crippen LogP contribution in [0, 0.1) is 13.8 Å². The lowest BCUT2D eigenvalue weighted by Crippen LogP contribution is -2.30. The largest absolute Gasteiger partial charge is 0.481 e. The Morgan fingerprint density at radius 2 is 1.81 bits per heavy atom. The topological polar surface area (TPSA) is 38.3 Å². The molecule has 110 valence electrons. The molecule has 2 aromatic rings. The van der Waals surface area contributed by atoms with Crippen molar-refractivity contribution in [3.8, 4) is 5.75 Å². The summed E-state index contributed by atoms with van der Waals surface area (Å²) in [5.41, 5.74) is 3.03. The summed E-state index contributed by atoms with van der Waals surface area (Å²) in [5, 5.41) is 2.90. The highest BCUT2D eigenvalue weighted by molar-refractivity contribution is 9.10. The summed E-state index contributed by atoms with van der Waals surface area (Å²) >= 11 is 3.36. The van der Waals surface area contributed by atoms with E-state index < -0.39 is 6.10 Å². The third kappa shape index (κ3) is 4.33. The summed E-state index contributed by atoms with van der Waals surface area (Å²) in [4.78, 5) is 12.2. The van der Waals surface area contributed by atoms with Gasteiger partial charge in [-0.1, -0.05) is 33.6 Å². The first-order valence-corrected chi connectivity index (χ1v) is 7.55. The van der Waals surface area contributed by atoms with Crippen LogP contribution in [-0.2, 0) is 4.79 Å². The number of aryl methyl sites for hydroxylation is 2. The smallest absolute Gasteiger partial charge is 0.265 e. The van der Waals surface area contributed by atoms with Gasteiger partial charge in [-0.3, -0.25) is 4.79 Å². The molecule has 0 radical (unpaired) electrons. The Balaban J connectivity index is 2.00. The van der Waals surface area contributed by atoms with E-state index in [1.165, 1.54) is 5.56 Å². The fourth-order valence-electron chi connectivity index (χ4n) is 1.96. The Morgan fingerprint density at radius 3 is 2.43 bits per heavy atom. The fraction of sp³-hybridized carbons (Fsp3) is 0.235.